The molecule has 31 heavy (non-hydrogen) atoms. The van der Waals surface area contributed by atoms with Gasteiger partial charge in [-0.25, -0.2) is 4.79 Å². The van der Waals surface area contributed by atoms with Crippen molar-refractivity contribution < 1.29 is 18.7 Å². The molecular formula is C23H26IN3O4. The summed E-state index contributed by atoms with van der Waals surface area (Å²) in [6, 6.07) is 15.5. The van der Waals surface area contributed by atoms with Crippen LogP contribution >= 0.6 is 22.6 Å². The third-order valence-electron chi connectivity index (χ3n) is 4.47. The molecule has 1 heterocycles. The minimum Gasteiger partial charge on any atom is -0.496 e. The summed E-state index contributed by atoms with van der Waals surface area (Å²) in [5.74, 6) is 1.22. The minimum atomic E-state index is -0.982. The number of halogens is 1. The van der Waals surface area contributed by atoms with Crippen molar-refractivity contribution >= 4 is 28.7 Å². The molecule has 3 rings (SSSR count). The molecule has 1 aromatic heterocycles. The van der Waals surface area contributed by atoms with Crippen LogP contribution in [-0.2, 0) is 16.7 Å². The molecule has 1 unspecified atom stereocenters. The predicted molar refractivity (Wildman–Crippen MR) is 126 cm³/mol. The molecule has 0 aliphatic heterocycles. The first-order valence-electron chi connectivity index (χ1n) is 9.83. The second-order valence-corrected chi connectivity index (χ2v) is 9.62. The Kier molecular flexibility index (Phi) is 6.88. The molecule has 3 aromatic rings. The van der Waals surface area contributed by atoms with Crippen molar-refractivity contribution in [3.8, 4) is 17.2 Å². The SMILES string of the molecule is COc1ccc(I)cc1-c1nnc(C(C)(Cc2ccccc2)NC(=O)OC(C)(C)C)o1. The molecule has 0 bridgehead atoms. The van der Waals surface area contributed by atoms with E-state index in [0.29, 0.717) is 23.6 Å². The topological polar surface area (TPSA) is 86.5 Å². The standard InChI is InChI=1S/C23H26IN3O4/c1-22(2,3)31-21(28)25-23(4,14-15-9-7-6-8-10-15)20-27-26-19(30-20)17-13-16(24)11-12-18(17)29-5/h6-13H,14H2,1-5H3,(H,25,28). The number of amides is 1. The van der Waals surface area contributed by atoms with E-state index in [1.807, 2.05) is 76.2 Å². The maximum Gasteiger partial charge on any atom is 0.408 e. The molecule has 0 aliphatic rings. The molecule has 8 heteroatoms. The van der Waals surface area contributed by atoms with Crippen molar-refractivity contribution in [2.45, 2.75) is 45.3 Å². The van der Waals surface area contributed by atoms with Gasteiger partial charge < -0.3 is 19.2 Å². The molecule has 1 amide bonds. The largest absolute Gasteiger partial charge is 0.496 e. The summed E-state index contributed by atoms with van der Waals surface area (Å²) in [6.45, 7) is 7.28. The molecular weight excluding hydrogens is 509 g/mol. The van der Waals surface area contributed by atoms with Crippen LogP contribution in [0.25, 0.3) is 11.5 Å². The number of nitrogens with one attached hydrogen (secondary N) is 1. The second kappa shape index (κ2) is 9.25. The van der Waals surface area contributed by atoms with Gasteiger partial charge in [-0.15, -0.1) is 10.2 Å². The van der Waals surface area contributed by atoms with Gasteiger partial charge in [0.2, 0.25) is 5.89 Å². The summed E-state index contributed by atoms with van der Waals surface area (Å²) in [5.41, 5.74) is 0.0794. The van der Waals surface area contributed by atoms with Crippen LogP contribution in [0.15, 0.2) is 52.9 Å². The molecule has 0 radical (unpaired) electrons. The Bertz CT molecular complexity index is 1050. The first-order valence-corrected chi connectivity index (χ1v) is 10.9. The predicted octanol–water partition coefficient (Wildman–Crippen LogP) is 5.33. The van der Waals surface area contributed by atoms with Gasteiger partial charge in [0.1, 0.15) is 16.9 Å². The van der Waals surface area contributed by atoms with Gasteiger partial charge in [-0.2, -0.15) is 0 Å². The number of benzene rings is 2. The lowest BCUT2D eigenvalue weighted by Crippen LogP contribution is -2.47. The summed E-state index contributed by atoms with van der Waals surface area (Å²) in [7, 11) is 1.59. The Labute approximate surface area is 195 Å². The van der Waals surface area contributed by atoms with Gasteiger partial charge in [0.05, 0.1) is 12.7 Å². The van der Waals surface area contributed by atoms with Crippen molar-refractivity contribution in [2.75, 3.05) is 7.11 Å². The third-order valence-corrected chi connectivity index (χ3v) is 5.14. The highest BCUT2D eigenvalue weighted by molar-refractivity contribution is 14.1. The maximum absolute atomic E-state index is 12.6. The van der Waals surface area contributed by atoms with Gasteiger partial charge >= 0.3 is 6.09 Å². The average molecular weight is 535 g/mol. The first kappa shape index (κ1) is 23.1. The summed E-state index contributed by atoms with van der Waals surface area (Å²) in [5, 5.41) is 11.4. The number of ether oxygens (including phenoxy) is 2. The van der Waals surface area contributed by atoms with Crippen LogP contribution in [0.5, 0.6) is 5.75 Å². The fourth-order valence-electron chi connectivity index (χ4n) is 3.11. The van der Waals surface area contributed by atoms with Crippen LogP contribution in [-0.4, -0.2) is 29.0 Å². The van der Waals surface area contributed by atoms with Crippen molar-refractivity contribution in [3.63, 3.8) is 0 Å². The third kappa shape index (κ3) is 5.96. The van der Waals surface area contributed by atoms with Gasteiger partial charge in [0.15, 0.2) is 0 Å². The summed E-state index contributed by atoms with van der Waals surface area (Å²) in [4.78, 5) is 12.6. The molecule has 2 aromatic carbocycles. The van der Waals surface area contributed by atoms with Crippen LogP contribution in [0.1, 0.15) is 39.1 Å². The molecule has 0 fully saturated rings. The number of nitrogens with zero attached hydrogens (tertiary/aromatic N) is 2. The minimum absolute atomic E-state index is 0.276. The van der Waals surface area contributed by atoms with Crippen molar-refractivity contribution in [2.24, 2.45) is 0 Å². The van der Waals surface area contributed by atoms with E-state index in [0.717, 1.165) is 9.13 Å². The number of methoxy groups -OCH3 is 1. The van der Waals surface area contributed by atoms with Gasteiger partial charge in [-0.05, 0) is 74.0 Å². The smallest absolute Gasteiger partial charge is 0.408 e. The Morgan fingerprint density at radius 2 is 1.81 bits per heavy atom. The molecule has 0 aliphatic carbocycles. The zero-order valence-corrected chi connectivity index (χ0v) is 20.4. The molecule has 7 nitrogen and oxygen atoms in total. The van der Waals surface area contributed by atoms with Crippen molar-refractivity contribution in [1.29, 1.82) is 0 Å². The van der Waals surface area contributed by atoms with Gasteiger partial charge in [0, 0.05) is 9.99 Å². The van der Waals surface area contributed by atoms with E-state index in [2.05, 4.69) is 38.1 Å². The summed E-state index contributed by atoms with van der Waals surface area (Å²) in [6.07, 6.45) is -0.115. The van der Waals surface area contributed by atoms with Crippen LogP contribution in [0.3, 0.4) is 0 Å². The zero-order chi connectivity index (χ0) is 22.6. The fourth-order valence-corrected chi connectivity index (χ4v) is 3.60. The highest BCUT2D eigenvalue weighted by atomic mass is 127. The molecule has 0 saturated carbocycles. The van der Waals surface area contributed by atoms with Crippen LogP contribution in [0.4, 0.5) is 4.79 Å². The monoisotopic (exact) mass is 535 g/mol. The Morgan fingerprint density at radius 3 is 2.45 bits per heavy atom. The number of alkyl carbamates (subject to hydrolysis) is 1. The van der Waals surface area contributed by atoms with E-state index in [1.54, 1.807) is 7.11 Å². The van der Waals surface area contributed by atoms with Crippen molar-refractivity contribution in [3.05, 3.63) is 63.6 Å². The highest BCUT2D eigenvalue weighted by Crippen LogP contribution is 2.33. The Hall–Kier alpha value is -2.62. The maximum atomic E-state index is 12.6. The van der Waals surface area contributed by atoms with E-state index >= 15 is 0 Å². The lowest BCUT2D eigenvalue weighted by Gasteiger charge is -2.29. The lowest BCUT2D eigenvalue weighted by molar-refractivity contribution is 0.0443. The van der Waals surface area contributed by atoms with E-state index in [4.69, 9.17) is 13.9 Å². The lowest BCUT2D eigenvalue weighted by atomic mass is 9.92. The fraction of sp³-hybridized carbons (Fsp3) is 0.348. The molecule has 0 spiro atoms. The number of hydrogen-bond acceptors (Lipinski definition) is 6. The van der Waals surface area contributed by atoms with Gasteiger partial charge in [0.25, 0.3) is 5.89 Å². The number of aromatic nitrogens is 2. The van der Waals surface area contributed by atoms with Crippen LogP contribution in [0.2, 0.25) is 0 Å². The summed E-state index contributed by atoms with van der Waals surface area (Å²) < 4.78 is 18.0. The van der Waals surface area contributed by atoms with E-state index in [1.165, 1.54) is 0 Å². The molecule has 0 saturated heterocycles. The summed E-state index contributed by atoms with van der Waals surface area (Å²) >= 11 is 2.21. The molecule has 1 atom stereocenters. The number of carbonyl (C=O) groups is 1. The molecule has 1 N–H and O–H groups in total. The quantitative estimate of drug-likeness (QED) is 0.430. The molecule has 164 valence electrons. The van der Waals surface area contributed by atoms with Crippen LogP contribution < -0.4 is 10.1 Å². The second-order valence-electron chi connectivity index (χ2n) is 8.38. The number of hydrogen-bond donors (Lipinski definition) is 1. The normalized spacial score (nSPS) is 13.4. The zero-order valence-electron chi connectivity index (χ0n) is 18.2. The van der Waals surface area contributed by atoms with Gasteiger partial charge in [-0.1, -0.05) is 30.3 Å². The number of rotatable bonds is 6. The van der Waals surface area contributed by atoms with E-state index in [9.17, 15) is 4.79 Å². The Balaban J connectivity index is 1.98. The van der Waals surface area contributed by atoms with Crippen LogP contribution in [0, 0.1) is 3.57 Å². The van der Waals surface area contributed by atoms with Crippen molar-refractivity contribution in [1.82, 2.24) is 15.5 Å². The first-order chi connectivity index (χ1) is 14.6. The average Bonchev–Trinajstić information content (AvgIpc) is 3.18. The number of carbonyl (C=O) groups excluding carboxylic acids is 1. The van der Waals surface area contributed by atoms with E-state index < -0.39 is 17.2 Å². The van der Waals surface area contributed by atoms with Gasteiger partial charge in [-0.3, -0.25) is 0 Å². The van der Waals surface area contributed by atoms with E-state index in [-0.39, 0.29) is 5.89 Å². The highest BCUT2D eigenvalue weighted by Gasteiger charge is 2.37. The Morgan fingerprint density at radius 1 is 1.10 bits per heavy atom.